The van der Waals surface area contributed by atoms with E-state index in [-0.39, 0.29) is 12.0 Å². The van der Waals surface area contributed by atoms with Gasteiger partial charge in [-0.05, 0) is 18.8 Å². The highest BCUT2D eigenvalue weighted by Crippen LogP contribution is 2.27. The van der Waals surface area contributed by atoms with Gasteiger partial charge in [0.1, 0.15) is 5.78 Å². The van der Waals surface area contributed by atoms with Gasteiger partial charge in [-0.15, -0.1) is 0 Å². The Morgan fingerprint density at radius 2 is 2.38 bits per heavy atom. The second kappa shape index (κ2) is 4.72. The normalized spacial score (nSPS) is 31.8. The fourth-order valence-corrected chi connectivity index (χ4v) is 1.98. The highest BCUT2D eigenvalue weighted by molar-refractivity contribution is 5.82. The Kier molecular flexibility index (Phi) is 3.88. The highest BCUT2D eigenvalue weighted by atomic mass is 16.5. The topological polar surface area (TPSA) is 52.3 Å². The van der Waals surface area contributed by atoms with Gasteiger partial charge in [-0.25, -0.2) is 0 Å². The van der Waals surface area contributed by atoms with Crippen LogP contribution < -0.4 is 5.73 Å². The zero-order chi connectivity index (χ0) is 9.84. The molecule has 0 aromatic heterocycles. The molecule has 3 heteroatoms. The van der Waals surface area contributed by atoms with E-state index in [9.17, 15) is 4.79 Å². The number of hydrogen-bond acceptors (Lipinski definition) is 3. The molecule has 0 saturated heterocycles. The number of rotatable bonds is 3. The predicted molar refractivity (Wildman–Crippen MR) is 51.4 cm³/mol. The summed E-state index contributed by atoms with van der Waals surface area (Å²) in [6, 6.07) is -0.111. The molecule has 0 heterocycles. The quantitative estimate of drug-likeness (QED) is 0.712. The maximum Gasteiger partial charge on any atom is 0.137 e. The van der Waals surface area contributed by atoms with Crippen LogP contribution in [0.3, 0.4) is 0 Å². The van der Waals surface area contributed by atoms with Crippen molar-refractivity contribution in [2.45, 2.75) is 32.2 Å². The molecule has 0 aromatic carbocycles. The van der Waals surface area contributed by atoms with Crippen molar-refractivity contribution in [1.82, 2.24) is 0 Å². The van der Waals surface area contributed by atoms with E-state index in [1.807, 2.05) is 0 Å². The fraction of sp³-hybridized carbons (Fsp3) is 0.900. The van der Waals surface area contributed by atoms with E-state index in [1.165, 1.54) is 0 Å². The summed E-state index contributed by atoms with van der Waals surface area (Å²) < 4.78 is 4.96. The van der Waals surface area contributed by atoms with Gasteiger partial charge >= 0.3 is 0 Å². The molecule has 1 saturated carbocycles. The molecule has 0 bridgehead atoms. The molecule has 3 unspecified atom stereocenters. The maximum atomic E-state index is 11.5. The summed E-state index contributed by atoms with van der Waals surface area (Å²) in [5.41, 5.74) is 5.87. The van der Waals surface area contributed by atoms with E-state index < -0.39 is 0 Å². The Hall–Kier alpha value is -0.410. The molecule has 3 atom stereocenters. The first-order valence-electron chi connectivity index (χ1n) is 4.92. The zero-order valence-electron chi connectivity index (χ0n) is 8.45. The lowest BCUT2D eigenvalue weighted by Crippen LogP contribution is -2.41. The summed E-state index contributed by atoms with van der Waals surface area (Å²) in [5.74, 6) is 0.983. The molecular formula is C10H19NO2. The van der Waals surface area contributed by atoms with Crippen molar-refractivity contribution in [2.75, 3.05) is 13.7 Å². The van der Waals surface area contributed by atoms with Gasteiger partial charge in [-0.2, -0.15) is 0 Å². The third-order valence-electron chi connectivity index (χ3n) is 2.83. The second-order valence-corrected chi connectivity index (χ2v) is 4.07. The first-order chi connectivity index (χ1) is 6.15. The molecule has 13 heavy (non-hydrogen) atoms. The SMILES string of the molecule is COCC(N)C1CC(C)CCC1=O. The number of Topliss-reactive ketones (excluding diaryl/α,β-unsaturated/α-hetero) is 1. The van der Waals surface area contributed by atoms with Crippen LogP contribution in [-0.4, -0.2) is 25.5 Å². The third-order valence-corrected chi connectivity index (χ3v) is 2.83. The van der Waals surface area contributed by atoms with Crippen molar-refractivity contribution in [1.29, 1.82) is 0 Å². The van der Waals surface area contributed by atoms with E-state index in [4.69, 9.17) is 10.5 Å². The Labute approximate surface area is 79.6 Å². The van der Waals surface area contributed by atoms with E-state index in [2.05, 4.69) is 6.92 Å². The number of ketones is 1. The molecule has 3 nitrogen and oxygen atoms in total. The van der Waals surface area contributed by atoms with Gasteiger partial charge in [-0.1, -0.05) is 6.92 Å². The van der Waals surface area contributed by atoms with Crippen LogP contribution in [0.1, 0.15) is 26.2 Å². The molecule has 2 N–H and O–H groups in total. The van der Waals surface area contributed by atoms with Crippen LogP contribution in [0.4, 0.5) is 0 Å². The Morgan fingerprint density at radius 3 is 3.00 bits per heavy atom. The van der Waals surface area contributed by atoms with Crippen LogP contribution in [0.2, 0.25) is 0 Å². The van der Waals surface area contributed by atoms with Crippen molar-refractivity contribution in [3.8, 4) is 0 Å². The lowest BCUT2D eigenvalue weighted by atomic mass is 9.78. The Morgan fingerprint density at radius 1 is 1.69 bits per heavy atom. The van der Waals surface area contributed by atoms with Crippen molar-refractivity contribution in [3.05, 3.63) is 0 Å². The van der Waals surface area contributed by atoms with Crippen LogP contribution in [0.5, 0.6) is 0 Å². The molecule has 0 amide bonds. The minimum Gasteiger partial charge on any atom is -0.383 e. The molecular weight excluding hydrogens is 166 g/mol. The van der Waals surface area contributed by atoms with Gasteiger partial charge in [0.25, 0.3) is 0 Å². The minimum atomic E-state index is -0.111. The summed E-state index contributed by atoms with van der Waals surface area (Å²) in [7, 11) is 1.62. The molecule has 0 radical (unpaired) electrons. The van der Waals surface area contributed by atoms with Gasteiger partial charge < -0.3 is 10.5 Å². The average Bonchev–Trinajstić information content (AvgIpc) is 2.09. The lowest BCUT2D eigenvalue weighted by Gasteiger charge is -2.29. The predicted octanol–water partition coefficient (Wildman–Crippen LogP) is 0.965. The maximum absolute atomic E-state index is 11.5. The van der Waals surface area contributed by atoms with Gasteiger partial charge in [-0.3, -0.25) is 4.79 Å². The summed E-state index contributed by atoms with van der Waals surface area (Å²) in [6.45, 7) is 2.67. The third kappa shape index (κ3) is 2.78. The minimum absolute atomic E-state index is 0.0312. The second-order valence-electron chi connectivity index (χ2n) is 4.07. The molecule has 1 aliphatic rings. The summed E-state index contributed by atoms with van der Waals surface area (Å²) in [5, 5.41) is 0. The van der Waals surface area contributed by atoms with E-state index in [1.54, 1.807) is 7.11 Å². The smallest absolute Gasteiger partial charge is 0.137 e. The standard InChI is InChI=1S/C10H19NO2/c1-7-3-4-10(12)8(5-7)9(11)6-13-2/h7-9H,3-6,11H2,1-2H3. The molecule has 1 aliphatic carbocycles. The number of carbonyl (C=O) groups excluding carboxylic acids is 1. The van der Waals surface area contributed by atoms with Crippen molar-refractivity contribution in [2.24, 2.45) is 17.6 Å². The van der Waals surface area contributed by atoms with Gasteiger partial charge in [0, 0.05) is 25.5 Å². The van der Waals surface area contributed by atoms with Crippen LogP contribution >= 0.6 is 0 Å². The summed E-state index contributed by atoms with van der Waals surface area (Å²) in [4.78, 5) is 11.5. The lowest BCUT2D eigenvalue weighted by molar-refractivity contribution is -0.126. The highest BCUT2D eigenvalue weighted by Gasteiger charge is 2.30. The molecule has 1 rings (SSSR count). The van der Waals surface area contributed by atoms with E-state index in [0.717, 1.165) is 12.8 Å². The monoisotopic (exact) mass is 185 g/mol. The first-order valence-corrected chi connectivity index (χ1v) is 4.92. The van der Waals surface area contributed by atoms with E-state index >= 15 is 0 Å². The van der Waals surface area contributed by atoms with Gasteiger partial charge in [0.2, 0.25) is 0 Å². The summed E-state index contributed by atoms with van der Waals surface area (Å²) in [6.07, 6.45) is 2.65. The van der Waals surface area contributed by atoms with Crippen LogP contribution in [-0.2, 0) is 9.53 Å². The summed E-state index contributed by atoms with van der Waals surface area (Å²) >= 11 is 0. The number of methoxy groups -OCH3 is 1. The van der Waals surface area contributed by atoms with Gasteiger partial charge in [0.15, 0.2) is 0 Å². The number of ether oxygens (including phenoxy) is 1. The molecule has 76 valence electrons. The molecule has 1 fully saturated rings. The van der Waals surface area contributed by atoms with Crippen LogP contribution in [0.15, 0.2) is 0 Å². The first kappa shape index (κ1) is 10.7. The molecule has 0 aromatic rings. The average molecular weight is 185 g/mol. The number of hydrogen-bond donors (Lipinski definition) is 1. The van der Waals surface area contributed by atoms with Crippen molar-refractivity contribution in [3.63, 3.8) is 0 Å². The fourth-order valence-electron chi connectivity index (χ4n) is 1.98. The van der Waals surface area contributed by atoms with Crippen LogP contribution in [0, 0.1) is 11.8 Å². The largest absolute Gasteiger partial charge is 0.383 e. The zero-order valence-corrected chi connectivity index (χ0v) is 8.45. The molecule has 0 aliphatic heterocycles. The van der Waals surface area contributed by atoms with Gasteiger partial charge in [0.05, 0.1) is 6.61 Å². The van der Waals surface area contributed by atoms with E-state index in [0.29, 0.717) is 24.7 Å². The number of carbonyl (C=O) groups is 1. The number of nitrogens with two attached hydrogens (primary N) is 1. The van der Waals surface area contributed by atoms with Crippen molar-refractivity contribution < 1.29 is 9.53 Å². The molecule has 0 spiro atoms. The van der Waals surface area contributed by atoms with Crippen LogP contribution in [0.25, 0.3) is 0 Å². The Bertz CT molecular complexity index is 182. The Balaban J connectivity index is 2.49. The van der Waals surface area contributed by atoms with Crippen molar-refractivity contribution >= 4 is 5.78 Å².